The number of nitrogens with zero attached hydrogens (tertiary/aromatic N) is 2. The fraction of sp³-hybridized carbons (Fsp3) is 0.833. The van der Waals surface area contributed by atoms with Crippen molar-refractivity contribution in [1.82, 2.24) is 9.80 Å². The van der Waals surface area contributed by atoms with E-state index in [9.17, 15) is 14.7 Å². The second-order valence-electron chi connectivity index (χ2n) is 5.49. The number of hydrogen-bond acceptors (Lipinski definition) is 3. The van der Waals surface area contributed by atoms with Gasteiger partial charge in [0.15, 0.2) is 0 Å². The average Bonchev–Trinajstić information content (AvgIpc) is 2.68. The molecule has 2 saturated heterocycles. The Kier molecular flexibility index (Phi) is 3.47. The van der Waals surface area contributed by atoms with E-state index < -0.39 is 17.6 Å². The molecule has 2 aliphatic heterocycles. The van der Waals surface area contributed by atoms with Gasteiger partial charge in [-0.2, -0.15) is 0 Å². The summed E-state index contributed by atoms with van der Waals surface area (Å²) >= 11 is 0. The zero-order valence-corrected chi connectivity index (χ0v) is 10.6. The third-order valence-corrected chi connectivity index (χ3v) is 3.76. The van der Waals surface area contributed by atoms with Crippen molar-refractivity contribution in [3.8, 4) is 0 Å². The third kappa shape index (κ3) is 2.58. The van der Waals surface area contributed by atoms with Crippen molar-refractivity contribution in [1.29, 1.82) is 0 Å². The third-order valence-electron chi connectivity index (χ3n) is 3.76. The van der Waals surface area contributed by atoms with Crippen LogP contribution in [0.1, 0.15) is 32.6 Å². The van der Waals surface area contributed by atoms with Gasteiger partial charge in [-0.15, -0.1) is 0 Å². The molecule has 102 valence electrons. The number of piperidine rings is 1. The molecular formula is C12H20N2O4. The molecule has 2 heterocycles. The highest BCUT2D eigenvalue weighted by atomic mass is 16.4. The first-order valence-corrected chi connectivity index (χ1v) is 6.41. The van der Waals surface area contributed by atoms with Gasteiger partial charge in [-0.25, -0.2) is 9.59 Å². The minimum Gasteiger partial charge on any atom is -0.480 e. The van der Waals surface area contributed by atoms with Crippen molar-refractivity contribution < 1.29 is 19.8 Å². The van der Waals surface area contributed by atoms with Crippen LogP contribution in [0.25, 0.3) is 0 Å². The number of likely N-dealkylation sites (tertiary alicyclic amines) is 2. The highest BCUT2D eigenvalue weighted by Gasteiger charge is 2.39. The first-order chi connectivity index (χ1) is 8.41. The van der Waals surface area contributed by atoms with Gasteiger partial charge in [0.2, 0.25) is 0 Å². The van der Waals surface area contributed by atoms with E-state index in [0.717, 1.165) is 12.8 Å². The standard InChI is InChI=1S/C12H20N2O4/c1-12(18)5-7-13(8-12)11(17)14-6-3-2-4-9(14)10(15)16/h9,18H,2-8H2,1H3,(H,15,16). The highest BCUT2D eigenvalue weighted by molar-refractivity contribution is 5.83. The van der Waals surface area contributed by atoms with Gasteiger partial charge < -0.3 is 20.0 Å². The minimum atomic E-state index is -0.936. The molecule has 2 amide bonds. The molecule has 18 heavy (non-hydrogen) atoms. The topological polar surface area (TPSA) is 81.1 Å². The van der Waals surface area contributed by atoms with Crippen LogP contribution in [-0.4, -0.2) is 63.3 Å². The molecule has 0 bridgehead atoms. The summed E-state index contributed by atoms with van der Waals surface area (Å²) in [6, 6.07) is -0.961. The van der Waals surface area contributed by atoms with Crippen molar-refractivity contribution >= 4 is 12.0 Å². The van der Waals surface area contributed by atoms with E-state index in [4.69, 9.17) is 5.11 Å². The Bertz CT molecular complexity index is 356. The Morgan fingerprint density at radius 2 is 2.00 bits per heavy atom. The van der Waals surface area contributed by atoms with E-state index in [1.807, 2.05) is 0 Å². The van der Waals surface area contributed by atoms with Gasteiger partial charge in [0, 0.05) is 13.1 Å². The summed E-state index contributed by atoms with van der Waals surface area (Å²) in [7, 11) is 0. The summed E-state index contributed by atoms with van der Waals surface area (Å²) in [6.45, 7) is 2.98. The Morgan fingerprint density at radius 3 is 2.56 bits per heavy atom. The lowest BCUT2D eigenvalue weighted by atomic mass is 10.0. The molecule has 2 rings (SSSR count). The fourth-order valence-electron chi connectivity index (χ4n) is 2.71. The molecule has 6 heteroatoms. The number of β-amino-alcohol motifs (C(OH)–C–C–N with tert-alkyl or cyclic N) is 1. The average molecular weight is 256 g/mol. The van der Waals surface area contributed by atoms with Crippen LogP contribution in [0.2, 0.25) is 0 Å². The summed E-state index contributed by atoms with van der Waals surface area (Å²) in [6.07, 6.45) is 2.76. The summed E-state index contributed by atoms with van der Waals surface area (Å²) < 4.78 is 0. The van der Waals surface area contributed by atoms with Crippen molar-refractivity contribution in [3.63, 3.8) is 0 Å². The molecule has 2 atom stereocenters. The highest BCUT2D eigenvalue weighted by Crippen LogP contribution is 2.24. The molecule has 0 radical (unpaired) electrons. The smallest absolute Gasteiger partial charge is 0.326 e. The van der Waals surface area contributed by atoms with Crippen molar-refractivity contribution in [3.05, 3.63) is 0 Å². The Hall–Kier alpha value is -1.30. The molecular weight excluding hydrogens is 236 g/mol. The maximum Gasteiger partial charge on any atom is 0.326 e. The SMILES string of the molecule is CC1(O)CCN(C(=O)N2CCCCC2C(=O)O)C1. The van der Waals surface area contributed by atoms with Gasteiger partial charge in [0.05, 0.1) is 12.1 Å². The number of rotatable bonds is 1. The zero-order valence-electron chi connectivity index (χ0n) is 10.6. The van der Waals surface area contributed by atoms with Crippen LogP contribution in [0.15, 0.2) is 0 Å². The van der Waals surface area contributed by atoms with Crippen LogP contribution >= 0.6 is 0 Å². The zero-order chi connectivity index (χ0) is 13.3. The van der Waals surface area contributed by atoms with Crippen LogP contribution in [-0.2, 0) is 4.79 Å². The second kappa shape index (κ2) is 4.76. The molecule has 2 unspecified atom stereocenters. The summed E-state index contributed by atoms with van der Waals surface area (Å²) in [5.41, 5.74) is -0.843. The maximum absolute atomic E-state index is 12.3. The van der Waals surface area contributed by atoms with Crippen molar-refractivity contribution in [2.75, 3.05) is 19.6 Å². The summed E-state index contributed by atoms with van der Waals surface area (Å²) in [5.74, 6) is -0.936. The van der Waals surface area contributed by atoms with Gasteiger partial charge in [-0.1, -0.05) is 0 Å². The quantitative estimate of drug-likeness (QED) is 0.716. The van der Waals surface area contributed by atoms with E-state index in [2.05, 4.69) is 0 Å². The Labute approximate surface area is 106 Å². The fourth-order valence-corrected chi connectivity index (χ4v) is 2.71. The number of aliphatic hydroxyl groups is 1. The van der Waals surface area contributed by atoms with Crippen LogP contribution in [0, 0.1) is 0 Å². The summed E-state index contributed by atoms with van der Waals surface area (Å²) in [4.78, 5) is 26.4. The number of carboxylic acids is 1. The molecule has 0 aromatic carbocycles. The first-order valence-electron chi connectivity index (χ1n) is 6.41. The number of hydrogen-bond donors (Lipinski definition) is 2. The largest absolute Gasteiger partial charge is 0.480 e. The van der Waals surface area contributed by atoms with Crippen molar-refractivity contribution in [2.24, 2.45) is 0 Å². The van der Waals surface area contributed by atoms with Gasteiger partial charge in [-0.3, -0.25) is 0 Å². The van der Waals surface area contributed by atoms with E-state index >= 15 is 0 Å². The lowest BCUT2D eigenvalue weighted by Crippen LogP contribution is -2.53. The molecule has 0 aromatic heterocycles. The lowest BCUT2D eigenvalue weighted by molar-refractivity contribution is -0.143. The molecule has 2 aliphatic rings. The number of urea groups is 1. The lowest BCUT2D eigenvalue weighted by Gasteiger charge is -2.35. The molecule has 0 saturated carbocycles. The van der Waals surface area contributed by atoms with Crippen LogP contribution < -0.4 is 0 Å². The predicted octanol–water partition coefficient (Wildman–Crippen LogP) is 0.502. The van der Waals surface area contributed by atoms with Crippen LogP contribution in [0.5, 0.6) is 0 Å². The first kappa shape index (κ1) is 13.1. The summed E-state index contributed by atoms with van der Waals surface area (Å²) in [5, 5.41) is 19.0. The van der Waals surface area contributed by atoms with E-state index in [-0.39, 0.29) is 12.6 Å². The van der Waals surface area contributed by atoms with Gasteiger partial charge in [-0.05, 0) is 32.6 Å². The Morgan fingerprint density at radius 1 is 1.28 bits per heavy atom. The van der Waals surface area contributed by atoms with Crippen molar-refractivity contribution in [2.45, 2.75) is 44.2 Å². The minimum absolute atomic E-state index is 0.250. The monoisotopic (exact) mass is 256 g/mol. The molecule has 0 aromatic rings. The number of carbonyl (C=O) groups excluding carboxylic acids is 1. The normalized spacial score (nSPS) is 32.7. The second-order valence-corrected chi connectivity index (χ2v) is 5.49. The van der Waals surface area contributed by atoms with Crippen LogP contribution in [0.4, 0.5) is 4.79 Å². The Balaban J connectivity index is 2.05. The molecule has 0 spiro atoms. The van der Waals surface area contributed by atoms with Gasteiger partial charge >= 0.3 is 12.0 Å². The number of carboxylic acid groups (broad SMARTS) is 1. The van der Waals surface area contributed by atoms with Gasteiger partial charge in [0.1, 0.15) is 6.04 Å². The van der Waals surface area contributed by atoms with E-state index in [0.29, 0.717) is 25.9 Å². The van der Waals surface area contributed by atoms with E-state index in [1.165, 1.54) is 4.90 Å². The van der Waals surface area contributed by atoms with Gasteiger partial charge in [0.25, 0.3) is 0 Å². The molecule has 6 nitrogen and oxygen atoms in total. The molecule has 2 fully saturated rings. The maximum atomic E-state index is 12.3. The van der Waals surface area contributed by atoms with E-state index in [1.54, 1.807) is 11.8 Å². The number of amides is 2. The van der Waals surface area contributed by atoms with Crippen LogP contribution in [0.3, 0.4) is 0 Å². The number of aliphatic carboxylic acids is 1. The number of carbonyl (C=O) groups is 2. The molecule has 0 aliphatic carbocycles. The predicted molar refractivity (Wildman–Crippen MR) is 64.2 cm³/mol. The molecule has 2 N–H and O–H groups in total.